The van der Waals surface area contributed by atoms with Crippen LogP contribution in [0.3, 0.4) is 0 Å². The fraction of sp³-hybridized carbons (Fsp3) is 1.00. The first-order chi connectivity index (χ1) is 7.24. The maximum Gasteiger partial charge on any atom is 0.0593 e. The highest BCUT2D eigenvalue weighted by atomic mass is 16.5. The van der Waals surface area contributed by atoms with E-state index in [2.05, 4.69) is 24.2 Å². The van der Waals surface area contributed by atoms with Crippen molar-refractivity contribution in [2.75, 3.05) is 46.5 Å². The van der Waals surface area contributed by atoms with Crippen LogP contribution in [0.1, 0.15) is 20.3 Å². The Morgan fingerprint density at radius 2 is 2.13 bits per heavy atom. The van der Waals surface area contributed by atoms with Crippen LogP contribution < -0.4 is 5.32 Å². The molecule has 4 heteroatoms. The lowest BCUT2D eigenvalue weighted by molar-refractivity contribution is 0.117. The lowest BCUT2D eigenvalue weighted by Gasteiger charge is -2.24. The Hall–Kier alpha value is -0.160. The van der Waals surface area contributed by atoms with E-state index in [1.54, 1.807) is 0 Å². The largest absolute Gasteiger partial charge is 0.396 e. The van der Waals surface area contributed by atoms with Crippen molar-refractivity contribution in [1.29, 1.82) is 0 Å². The Labute approximate surface area is 93.6 Å². The standard InChI is InChI=1S/C11H26N2O2/c1-4-12-11(6-8-14)10-13(3)7-9-15-5-2/h11-12,14H,4-10H2,1-3H3. The zero-order valence-electron chi connectivity index (χ0n) is 10.3. The third kappa shape index (κ3) is 8.81. The lowest BCUT2D eigenvalue weighted by Crippen LogP contribution is -2.41. The minimum absolute atomic E-state index is 0.247. The Kier molecular flexibility index (Phi) is 10.3. The molecule has 0 aliphatic heterocycles. The number of likely N-dealkylation sites (N-methyl/N-ethyl adjacent to an activating group) is 2. The van der Waals surface area contributed by atoms with E-state index in [1.807, 2.05) is 6.92 Å². The van der Waals surface area contributed by atoms with Crippen molar-refractivity contribution in [2.24, 2.45) is 0 Å². The van der Waals surface area contributed by atoms with E-state index >= 15 is 0 Å². The highest BCUT2D eigenvalue weighted by Crippen LogP contribution is 1.95. The monoisotopic (exact) mass is 218 g/mol. The van der Waals surface area contributed by atoms with Gasteiger partial charge in [-0.2, -0.15) is 0 Å². The molecule has 0 radical (unpaired) electrons. The fourth-order valence-electron chi connectivity index (χ4n) is 1.53. The second-order valence-corrected chi connectivity index (χ2v) is 3.73. The SMILES string of the molecule is CCNC(CCO)CN(C)CCOCC. The number of nitrogens with zero attached hydrogens (tertiary/aromatic N) is 1. The zero-order valence-corrected chi connectivity index (χ0v) is 10.3. The smallest absolute Gasteiger partial charge is 0.0593 e. The molecule has 1 unspecified atom stereocenters. The molecular weight excluding hydrogens is 192 g/mol. The highest BCUT2D eigenvalue weighted by Gasteiger charge is 2.09. The van der Waals surface area contributed by atoms with Gasteiger partial charge in [-0.1, -0.05) is 6.92 Å². The number of aliphatic hydroxyl groups excluding tert-OH is 1. The Morgan fingerprint density at radius 3 is 2.67 bits per heavy atom. The van der Waals surface area contributed by atoms with Gasteiger partial charge >= 0.3 is 0 Å². The van der Waals surface area contributed by atoms with Crippen LogP contribution in [0.4, 0.5) is 0 Å². The summed E-state index contributed by atoms with van der Waals surface area (Å²) in [6, 6.07) is 0.381. The van der Waals surface area contributed by atoms with E-state index in [0.717, 1.165) is 39.3 Å². The van der Waals surface area contributed by atoms with Gasteiger partial charge in [0.2, 0.25) is 0 Å². The molecular formula is C11H26N2O2. The van der Waals surface area contributed by atoms with Crippen molar-refractivity contribution >= 4 is 0 Å². The predicted octanol–water partition coefficient (Wildman–Crippen LogP) is 0.315. The highest BCUT2D eigenvalue weighted by molar-refractivity contribution is 4.69. The predicted molar refractivity (Wildman–Crippen MR) is 63.2 cm³/mol. The van der Waals surface area contributed by atoms with Gasteiger partial charge in [-0.3, -0.25) is 0 Å². The summed E-state index contributed by atoms with van der Waals surface area (Å²) in [5, 5.41) is 12.3. The summed E-state index contributed by atoms with van der Waals surface area (Å²) in [7, 11) is 2.08. The van der Waals surface area contributed by atoms with Gasteiger partial charge in [0.1, 0.15) is 0 Å². The summed E-state index contributed by atoms with van der Waals surface area (Å²) < 4.78 is 5.29. The molecule has 2 N–H and O–H groups in total. The maximum absolute atomic E-state index is 8.91. The van der Waals surface area contributed by atoms with E-state index in [1.165, 1.54) is 0 Å². The van der Waals surface area contributed by atoms with Crippen LogP contribution in [0.15, 0.2) is 0 Å². The molecule has 15 heavy (non-hydrogen) atoms. The first-order valence-electron chi connectivity index (χ1n) is 5.85. The fourth-order valence-corrected chi connectivity index (χ4v) is 1.53. The summed E-state index contributed by atoms with van der Waals surface area (Å²) >= 11 is 0. The molecule has 0 saturated carbocycles. The van der Waals surface area contributed by atoms with Crippen molar-refractivity contribution < 1.29 is 9.84 Å². The Bertz CT molecular complexity index is 128. The zero-order chi connectivity index (χ0) is 11.5. The molecule has 4 nitrogen and oxygen atoms in total. The topological polar surface area (TPSA) is 44.7 Å². The van der Waals surface area contributed by atoms with Crippen LogP contribution in [0.5, 0.6) is 0 Å². The third-order valence-corrected chi connectivity index (χ3v) is 2.32. The molecule has 0 saturated heterocycles. The molecule has 0 aliphatic carbocycles. The molecule has 0 bridgehead atoms. The number of hydrogen-bond donors (Lipinski definition) is 2. The lowest BCUT2D eigenvalue weighted by atomic mass is 10.2. The summed E-state index contributed by atoms with van der Waals surface area (Å²) in [5.74, 6) is 0. The number of rotatable bonds is 10. The average Bonchev–Trinajstić information content (AvgIpc) is 2.19. The second-order valence-electron chi connectivity index (χ2n) is 3.73. The van der Waals surface area contributed by atoms with Crippen molar-refractivity contribution in [3.63, 3.8) is 0 Å². The summed E-state index contributed by atoms with van der Waals surface area (Å²) in [6.45, 7) is 8.76. The van der Waals surface area contributed by atoms with Gasteiger partial charge in [0.15, 0.2) is 0 Å². The average molecular weight is 218 g/mol. The minimum atomic E-state index is 0.247. The molecule has 0 aromatic carbocycles. The van der Waals surface area contributed by atoms with Crippen molar-refractivity contribution in [3.8, 4) is 0 Å². The Balaban J connectivity index is 3.62. The van der Waals surface area contributed by atoms with Crippen LogP contribution in [0.25, 0.3) is 0 Å². The third-order valence-electron chi connectivity index (χ3n) is 2.32. The van der Waals surface area contributed by atoms with E-state index in [-0.39, 0.29) is 6.61 Å². The van der Waals surface area contributed by atoms with Crippen LogP contribution >= 0.6 is 0 Å². The van der Waals surface area contributed by atoms with Crippen molar-refractivity contribution in [2.45, 2.75) is 26.3 Å². The van der Waals surface area contributed by atoms with Gasteiger partial charge in [0, 0.05) is 32.3 Å². The van der Waals surface area contributed by atoms with Crippen LogP contribution in [-0.2, 0) is 4.74 Å². The number of nitrogens with one attached hydrogen (secondary N) is 1. The maximum atomic E-state index is 8.91. The summed E-state index contributed by atoms with van der Waals surface area (Å²) in [5.41, 5.74) is 0. The van der Waals surface area contributed by atoms with Crippen molar-refractivity contribution in [3.05, 3.63) is 0 Å². The number of ether oxygens (including phenoxy) is 1. The Morgan fingerprint density at radius 1 is 1.40 bits per heavy atom. The molecule has 0 spiro atoms. The molecule has 0 fully saturated rings. The van der Waals surface area contributed by atoms with E-state index < -0.39 is 0 Å². The first kappa shape index (κ1) is 14.8. The van der Waals surface area contributed by atoms with Crippen molar-refractivity contribution in [1.82, 2.24) is 10.2 Å². The van der Waals surface area contributed by atoms with E-state index in [9.17, 15) is 0 Å². The van der Waals surface area contributed by atoms with Crippen LogP contribution in [-0.4, -0.2) is 62.6 Å². The summed E-state index contributed by atoms with van der Waals surface area (Å²) in [4.78, 5) is 2.23. The first-order valence-corrected chi connectivity index (χ1v) is 5.85. The molecule has 1 atom stereocenters. The van der Waals surface area contributed by atoms with Gasteiger partial charge in [-0.05, 0) is 26.9 Å². The van der Waals surface area contributed by atoms with Gasteiger partial charge in [0.05, 0.1) is 6.61 Å². The number of hydrogen-bond acceptors (Lipinski definition) is 4. The minimum Gasteiger partial charge on any atom is -0.396 e. The molecule has 0 aliphatic rings. The normalized spacial score (nSPS) is 13.4. The summed E-state index contributed by atoms with van der Waals surface area (Å²) in [6.07, 6.45) is 0.812. The quantitative estimate of drug-likeness (QED) is 0.518. The molecule has 0 rings (SSSR count). The van der Waals surface area contributed by atoms with Gasteiger partial charge in [0.25, 0.3) is 0 Å². The molecule has 92 valence electrons. The van der Waals surface area contributed by atoms with Gasteiger partial charge < -0.3 is 20.1 Å². The molecule has 0 amide bonds. The second kappa shape index (κ2) is 10.4. The number of aliphatic hydroxyl groups is 1. The van der Waals surface area contributed by atoms with Gasteiger partial charge in [-0.25, -0.2) is 0 Å². The molecule has 0 heterocycles. The molecule has 0 aromatic rings. The van der Waals surface area contributed by atoms with E-state index in [4.69, 9.17) is 9.84 Å². The van der Waals surface area contributed by atoms with Crippen LogP contribution in [0.2, 0.25) is 0 Å². The van der Waals surface area contributed by atoms with E-state index in [0.29, 0.717) is 6.04 Å². The van der Waals surface area contributed by atoms with Gasteiger partial charge in [-0.15, -0.1) is 0 Å². The molecule has 0 aromatic heterocycles. The van der Waals surface area contributed by atoms with Crippen LogP contribution in [0, 0.1) is 0 Å².